The molecule has 3 rings (SSSR count). The van der Waals surface area contributed by atoms with Crippen LogP contribution in [0.15, 0.2) is 0 Å². The first kappa shape index (κ1) is 25.5. The molecule has 0 atom stereocenters. The van der Waals surface area contributed by atoms with Crippen LogP contribution in [0, 0.1) is 5.41 Å². The lowest BCUT2D eigenvalue weighted by Gasteiger charge is -2.40. The molecule has 184 valence electrons. The molecule has 0 radical (unpaired) electrons. The summed E-state index contributed by atoms with van der Waals surface area (Å²) in [5.41, 5.74) is 2.89. The first-order valence-corrected chi connectivity index (χ1v) is 12.3. The zero-order valence-electron chi connectivity index (χ0n) is 20.4. The number of fused-ring (bicyclic) bond motifs is 1. The summed E-state index contributed by atoms with van der Waals surface area (Å²) in [5, 5.41) is 8.02. The van der Waals surface area contributed by atoms with Gasteiger partial charge in [0, 0.05) is 62.5 Å². The Morgan fingerprint density at radius 3 is 2.38 bits per heavy atom. The predicted octanol–water partition coefficient (Wildman–Crippen LogP) is 3.83. The third-order valence-electron chi connectivity index (χ3n) is 7.13. The van der Waals surface area contributed by atoms with Crippen LogP contribution in [0.5, 0.6) is 0 Å². The van der Waals surface area contributed by atoms with Crippen LogP contribution >= 0.6 is 0 Å². The maximum absolute atomic E-state index is 14.4. The molecule has 1 aliphatic heterocycles. The van der Waals surface area contributed by atoms with Crippen molar-refractivity contribution in [2.75, 3.05) is 53.6 Å². The standard InChI is InChI=1S/C24H42F2N4O2/c1-5-31-17-23(18-32-6-2)9-7-19(8-10-23)22-20(16-29(4)14-12-27-3)28-30-13-11-24(25,26)15-21(22)30/h19,27H,5-18H2,1-4H3. The monoisotopic (exact) mass is 456 g/mol. The zero-order chi connectivity index (χ0) is 23.2. The normalized spacial score (nSPS) is 20.6. The second-order valence-corrected chi connectivity index (χ2v) is 9.70. The van der Waals surface area contributed by atoms with E-state index in [1.54, 1.807) is 0 Å². The smallest absolute Gasteiger partial charge is 0.255 e. The summed E-state index contributed by atoms with van der Waals surface area (Å²) in [7, 11) is 4.01. The van der Waals surface area contributed by atoms with Gasteiger partial charge in [0.2, 0.25) is 0 Å². The summed E-state index contributed by atoms with van der Waals surface area (Å²) in [5.74, 6) is -2.36. The molecule has 0 saturated heterocycles. The molecular formula is C24H42F2N4O2. The highest BCUT2D eigenvalue weighted by atomic mass is 19.3. The molecular weight excluding hydrogens is 414 g/mol. The second kappa shape index (κ2) is 11.4. The van der Waals surface area contributed by atoms with Gasteiger partial charge in [-0.1, -0.05) is 0 Å². The lowest BCUT2D eigenvalue weighted by Crippen LogP contribution is -2.37. The van der Waals surface area contributed by atoms with Gasteiger partial charge in [-0.05, 0) is 59.5 Å². The van der Waals surface area contributed by atoms with E-state index in [1.807, 2.05) is 25.6 Å². The Bertz CT molecular complexity index is 707. The van der Waals surface area contributed by atoms with E-state index in [0.717, 1.165) is 55.7 Å². The van der Waals surface area contributed by atoms with Crippen LogP contribution in [-0.4, -0.2) is 74.2 Å². The van der Waals surface area contributed by atoms with Gasteiger partial charge >= 0.3 is 0 Å². The molecule has 1 N–H and O–H groups in total. The van der Waals surface area contributed by atoms with Crippen molar-refractivity contribution < 1.29 is 18.3 Å². The van der Waals surface area contributed by atoms with Gasteiger partial charge in [0.05, 0.1) is 25.3 Å². The van der Waals surface area contributed by atoms with Crippen LogP contribution in [-0.2, 0) is 29.0 Å². The summed E-state index contributed by atoms with van der Waals surface area (Å²) in [6.07, 6.45) is 3.62. The maximum Gasteiger partial charge on any atom is 0.255 e. The average Bonchev–Trinajstić information content (AvgIpc) is 3.11. The molecule has 1 aliphatic carbocycles. The van der Waals surface area contributed by atoms with E-state index in [1.165, 1.54) is 0 Å². The zero-order valence-corrected chi connectivity index (χ0v) is 20.4. The summed E-state index contributed by atoms with van der Waals surface area (Å²) in [6, 6.07) is 0. The second-order valence-electron chi connectivity index (χ2n) is 9.70. The van der Waals surface area contributed by atoms with Crippen molar-refractivity contribution >= 4 is 0 Å². The van der Waals surface area contributed by atoms with Crippen LogP contribution in [0.25, 0.3) is 0 Å². The largest absolute Gasteiger partial charge is 0.381 e. The molecule has 1 saturated carbocycles. The van der Waals surface area contributed by atoms with E-state index >= 15 is 0 Å². The van der Waals surface area contributed by atoms with Gasteiger partial charge < -0.3 is 14.8 Å². The Morgan fingerprint density at radius 1 is 1.12 bits per heavy atom. The van der Waals surface area contributed by atoms with Crippen molar-refractivity contribution in [3.8, 4) is 0 Å². The van der Waals surface area contributed by atoms with E-state index in [0.29, 0.717) is 39.5 Å². The van der Waals surface area contributed by atoms with Gasteiger partial charge in [-0.15, -0.1) is 0 Å². The molecule has 0 unspecified atom stereocenters. The molecule has 0 aromatic carbocycles. The van der Waals surface area contributed by atoms with E-state index in [9.17, 15) is 8.78 Å². The van der Waals surface area contributed by atoms with Crippen LogP contribution < -0.4 is 5.32 Å². The third-order valence-corrected chi connectivity index (χ3v) is 7.13. The fraction of sp³-hybridized carbons (Fsp3) is 0.875. The summed E-state index contributed by atoms with van der Waals surface area (Å²) in [4.78, 5) is 2.23. The first-order valence-electron chi connectivity index (χ1n) is 12.3. The molecule has 0 amide bonds. The van der Waals surface area contributed by atoms with E-state index in [-0.39, 0.29) is 24.2 Å². The molecule has 6 nitrogen and oxygen atoms in total. The lowest BCUT2D eigenvalue weighted by molar-refractivity contribution is -0.0400. The minimum atomic E-state index is -2.64. The van der Waals surface area contributed by atoms with E-state index in [2.05, 4.69) is 17.3 Å². The van der Waals surface area contributed by atoms with Gasteiger partial charge in [-0.2, -0.15) is 5.10 Å². The number of rotatable bonds is 12. The molecule has 0 bridgehead atoms. The van der Waals surface area contributed by atoms with Gasteiger partial charge in [0.15, 0.2) is 0 Å². The molecule has 2 aliphatic rings. The molecule has 32 heavy (non-hydrogen) atoms. The number of aryl methyl sites for hydroxylation is 1. The van der Waals surface area contributed by atoms with Gasteiger partial charge in [0.25, 0.3) is 5.92 Å². The van der Waals surface area contributed by atoms with E-state index in [4.69, 9.17) is 14.6 Å². The van der Waals surface area contributed by atoms with Crippen LogP contribution in [0.3, 0.4) is 0 Å². The predicted molar refractivity (Wildman–Crippen MR) is 122 cm³/mol. The number of hydrogen-bond acceptors (Lipinski definition) is 5. The van der Waals surface area contributed by atoms with Crippen molar-refractivity contribution in [2.24, 2.45) is 5.41 Å². The van der Waals surface area contributed by atoms with Gasteiger partial charge in [-0.3, -0.25) is 9.58 Å². The molecule has 0 spiro atoms. The minimum absolute atomic E-state index is 0.0312. The summed E-state index contributed by atoms with van der Waals surface area (Å²) >= 11 is 0. The number of likely N-dealkylation sites (N-methyl/N-ethyl adjacent to an activating group) is 2. The van der Waals surface area contributed by atoms with Crippen LogP contribution in [0.2, 0.25) is 0 Å². The van der Waals surface area contributed by atoms with Crippen molar-refractivity contribution in [1.29, 1.82) is 0 Å². The summed E-state index contributed by atoms with van der Waals surface area (Å²) < 4.78 is 42.3. The number of aromatic nitrogens is 2. The minimum Gasteiger partial charge on any atom is -0.381 e. The molecule has 2 heterocycles. The Kier molecular flexibility index (Phi) is 9.06. The average molecular weight is 457 g/mol. The molecule has 1 aromatic heterocycles. The Morgan fingerprint density at radius 2 is 1.78 bits per heavy atom. The number of nitrogens with zero attached hydrogens (tertiary/aromatic N) is 3. The van der Waals surface area contributed by atoms with E-state index < -0.39 is 5.92 Å². The molecule has 1 fully saturated rings. The van der Waals surface area contributed by atoms with Crippen molar-refractivity contribution in [2.45, 2.75) is 77.3 Å². The number of halogens is 2. The van der Waals surface area contributed by atoms with Gasteiger partial charge in [0.1, 0.15) is 0 Å². The van der Waals surface area contributed by atoms with Crippen LogP contribution in [0.1, 0.15) is 68.8 Å². The molecule has 1 aromatic rings. The molecule has 8 heteroatoms. The van der Waals surface area contributed by atoms with Crippen molar-refractivity contribution in [1.82, 2.24) is 20.0 Å². The van der Waals surface area contributed by atoms with Crippen molar-refractivity contribution in [3.63, 3.8) is 0 Å². The summed E-state index contributed by atoms with van der Waals surface area (Å²) in [6.45, 7) is 9.65. The number of alkyl halides is 2. The van der Waals surface area contributed by atoms with Gasteiger partial charge in [-0.25, -0.2) is 8.78 Å². The SMILES string of the molecule is CCOCC1(COCC)CCC(c2c(CN(C)CCNC)nn3c2CC(F)(F)CC3)CC1. The number of ether oxygens (including phenoxy) is 2. The number of nitrogens with one attached hydrogen (secondary N) is 1. The topological polar surface area (TPSA) is 51.6 Å². The number of hydrogen-bond donors (Lipinski definition) is 1. The Hall–Kier alpha value is -1.09. The van der Waals surface area contributed by atoms with Crippen molar-refractivity contribution in [3.05, 3.63) is 17.0 Å². The lowest BCUT2D eigenvalue weighted by atomic mass is 9.69. The van der Waals surface area contributed by atoms with Crippen LogP contribution in [0.4, 0.5) is 8.78 Å². The Labute approximate surface area is 192 Å². The fourth-order valence-corrected chi connectivity index (χ4v) is 5.25. The highest BCUT2D eigenvalue weighted by molar-refractivity contribution is 5.33. The Balaban J connectivity index is 1.82. The third kappa shape index (κ3) is 6.27. The maximum atomic E-state index is 14.4. The highest BCUT2D eigenvalue weighted by Crippen LogP contribution is 2.46. The highest BCUT2D eigenvalue weighted by Gasteiger charge is 2.42. The first-order chi connectivity index (χ1) is 15.3. The fourth-order valence-electron chi connectivity index (χ4n) is 5.25. The quantitative estimate of drug-likeness (QED) is 0.518.